The van der Waals surface area contributed by atoms with Crippen molar-refractivity contribution in [2.75, 3.05) is 0 Å². The zero-order valence-electron chi connectivity index (χ0n) is 11.0. The Bertz CT molecular complexity index is 833. The lowest BCUT2D eigenvalue weighted by Gasteiger charge is -2.08. The highest BCUT2D eigenvalue weighted by molar-refractivity contribution is 5.72. The molecule has 3 N–H and O–H groups in total. The van der Waals surface area contributed by atoms with Gasteiger partial charge >= 0.3 is 0 Å². The molecule has 22 heavy (non-hydrogen) atoms. The fourth-order valence-electron chi connectivity index (χ4n) is 1.94. The summed E-state index contributed by atoms with van der Waals surface area (Å²) in [6.07, 6.45) is 1.34. The Morgan fingerprint density at radius 3 is 2.55 bits per heavy atom. The summed E-state index contributed by atoms with van der Waals surface area (Å²) in [6.45, 7) is 0. The molecule has 0 fully saturated rings. The van der Waals surface area contributed by atoms with E-state index < -0.39 is 11.6 Å². The van der Waals surface area contributed by atoms with E-state index in [9.17, 15) is 19.0 Å². The number of nitrogens with one attached hydrogen (secondary N) is 1. The van der Waals surface area contributed by atoms with Crippen molar-refractivity contribution in [3.63, 3.8) is 0 Å². The lowest BCUT2D eigenvalue weighted by Crippen LogP contribution is -1.89. The number of benzene rings is 2. The summed E-state index contributed by atoms with van der Waals surface area (Å²) in [5.41, 5.74) is 0.676. The summed E-state index contributed by atoms with van der Waals surface area (Å²) in [5, 5.41) is 25.6. The average molecular weight is 304 g/mol. The van der Waals surface area contributed by atoms with Gasteiger partial charge < -0.3 is 14.9 Å². The first-order valence-corrected chi connectivity index (χ1v) is 6.23. The van der Waals surface area contributed by atoms with Crippen LogP contribution in [-0.2, 0) is 0 Å². The predicted molar refractivity (Wildman–Crippen MR) is 73.8 cm³/mol. The number of hydrogen-bond acceptors (Lipinski definition) is 4. The molecule has 0 saturated carbocycles. The minimum Gasteiger partial charge on any atom is -0.508 e. The van der Waals surface area contributed by atoms with Gasteiger partial charge in [-0.15, -0.1) is 0 Å². The second kappa shape index (κ2) is 5.36. The molecule has 1 heterocycles. The van der Waals surface area contributed by atoms with Crippen molar-refractivity contribution in [1.82, 2.24) is 10.2 Å². The molecule has 7 heteroatoms. The lowest BCUT2D eigenvalue weighted by atomic mass is 10.1. The van der Waals surface area contributed by atoms with Gasteiger partial charge in [0.1, 0.15) is 22.9 Å². The standard InChI is InChI=1S/C15H10F2N2O3/c16-11-4-2-9(6-12(11)17)22-14-7-18-19-15(14)10-3-1-8(20)5-13(10)21/h1-7,20-21H,(H,18,19). The lowest BCUT2D eigenvalue weighted by molar-refractivity contribution is 0.449. The zero-order valence-corrected chi connectivity index (χ0v) is 11.0. The molecule has 0 atom stereocenters. The van der Waals surface area contributed by atoms with Crippen LogP contribution in [0.1, 0.15) is 0 Å². The number of hydrogen-bond donors (Lipinski definition) is 3. The van der Waals surface area contributed by atoms with Crippen molar-refractivity contribution < 1.29 is 23.7 Å². The van der Waals surface area contributed by atoms with E-state index >= 15 is 0 Å². The molecular formula is C15H10F2N2O3. The van der Waals surface area contributed by atoms with Crippen LogP contribution in [0.25, 0.3) is 11.3 Å². The molecule has 0 bridgehead atoms. The quantitative estimate of drug-likeness (QED) is 0.691. The molecule has 0 amide bonds. The van der Waals surface area contributed by atoms with Crippen molar-refractivity contribution in [1.29, 1.82) is 0 Å². The normalized spacial score (nSPS) is 10.6. The maximum absolute atomic E-state index is 13.2. The molecule has 5 nitrogen and oxygen atoms in total. The van der Waals surface area contributed by atoms with E-state index in [1.807, 2.05) is 0 Å². The van der Waals surface area contributed by atoms with E-state index in [-0.39, 0.29) is 23.0 Å². The van der Waals surface area contributed by atoms with E-state index in [2.05, 4.69) is 10.2 Å². The highest BCUT2D eigenvalue weighted by atomic mass is 19.2. The number of phenolic OH excluding ortho intramolecular Hbond substituents is 2. The number of halogens is 2. The van der Waals surface area contributed by atoms with Gasteiger partial charge in [0.05, 0.1) is 6.20 Å². The predicted octanol–water partition coefficient (Wildman–Crippen LogP) is 3.56. The van der Waals surface area contributed by atoms with E-state index in [0.717, 1.165) is 18.2 Å². The third kappa shape index (κ3) is 2.56. The second-order valence-corrected chi connectivity index (χ2v) is 4.49. The molecule has 0 aliphatic carbocycles. The van der Waals surface area contributed by atoms with E-state index in [0.29, 0.717) is 11.3 Å². The van der Waals surface area contributed by atoms with Crippen LogP contribution < -0.4 is 4.74 Å². The first kappa shape index (κ1) is 13.9. The van der Waals surface area contributed by atoms with Crippen molar-refractivity contribution in [3.8, 4) is 34.3 Å². The first-order chi connectivity index (χ1) is 10.5. The summed E-state index contributed by atoms with van der Waals surface area (Å²) >= 11 is 0. The molecule has 112 valence electrons. The highest BCUT2D eigenvalue weighted by Gasteiger charge is 2.15. The Morgan fingerprint density at radius 1 is 1.00 bits per heavy atom. The molecule has 0 spiro atoms. The third-order valence-corrected chi connectivity index (χ3v) is 2.97. The van der Waals surface area contributed by atoms with Crippen LogP contribution in [0.3, 0.4) is 0 Å². The Hall–Kier alpha value is -3.09. The van der Waals surface area contributed by atoms with Crippen LogP contribution in [-0.4, -0.2) is 20.4 Å². The number of phenols is 2. The molecule has 2 aromatic carbocycles. The van der Waals surface area contributed by atoms with Crippen LogP contribution in [0.2, 0.25) is 0 Å². The fourth-order valence-corrected chi connectivity index (χ4v) is 1.94. The highest BCUT2D eigenvalue weighted by Crippen LogP contribution is 2.37. The Labute approximate surface area is 123 Å². The average Bonchev–Trinajstić information content (AvgIpc) is 2.91. The van der Waals surface area contributed by atoms with Gasteiger partial charge in [0.25, 0.3) is 0 Å². The first-order valence-electron chi connectivity index (χ1n) is 6.23. The van der Waals surface area contributed by atoms with Gasteiger partial charge in [0, 0.05) is 17.7 Å². The number of aromatic nitrogens is 2. The van der Waals surface area contributed by atoms with Gasteiger partial charge in [0.2, 0.25) is 0 Å². The maximum atomic E-state index is 13.2. The second-order valence-electron chi connectivity index (χ2n) is 4.49. The monoisotopic (exact) mass is 304 g/mol. The molecule has 1 aromatic heterocycles. The fraction of sp³-hybridized carbons (Fsp3) is 0. The minimum absolute atomic E-state index is 0.0832. The van der Waals surface area contributed by atoms with Crippen molar-refractivity contribution in [3.05, 3.63) is 54.2 Å². The summed E-state index contributed by atoms with van der Waals surface area (Å²) < 4.78 is 31.6. The number of ether oxygens (including phenoxy) is 1. The molecule has 3 rings (SSSR count). The van der Waals surface area contributed by atoms with E-state index in [4.69, 9.17) is 4.74 Å². The third-order valence-electron chi connectivity index (χ3n) is 2.97. The SMILES string of the molecule is Oc1ccc(-c2[nH]ncc2Oc2ccc(F)c(F)c2)c(O)c1. The molecule has 0 aliphatic rings. The molecule has 0 unspecified atom stereocenters. The Morgan fingerprint density at radius 2 is 1.82 bits per heavy atom. The number of aromatic amines is 1. The summed E-state index contributed by atoms with van der Waals surface area (Å²) in [4.78, 5) is 0. The van der Waals surface area contributed by atoms with E-state index in [1.54, 1.807) is 0 Å². The van der Waals surface area contributed by atoms with Crippen molar-refractivity contribution in [2.24, 2.45) is 0 Å². The number of rotatable bonds is 3. The molecule has 0 radical (unpaired) electrons. The zero-order chi connectivity index (χ0) is 15.7. The summed E-state index contributed by atoms with van der Waals surface area (Å²) in [5.74, 6) is -1.99. The number of H-pyrrole nitrogens is 1. The topological polar surface area (TPSA) is 78.4 Å². The van der Waals surface area contributed by atoms with Crippen molar-refractivity contribution in [2.45, 2.75) is 0 Å². The molecule has 0 aliphatic heterocycles. The van der Waals surface area contributed by atoms with Crippen LogP contribution in [0.5, 0.6) is 23.0 Å². The Balaban J connectivity index is 1.96. The van der Waals surface area contributed by atoms with Gasteiger partial charge in [-0.05, 0) is 24.3 Å². The van der Waals surface area contributed by atoms with Crippen molar-refractivity contribution >= 4 is 0 Å². The Kier molecular flexibility index (Phi) is 3.38. The molecule has 3 aromatic rings. The molecule has 0 saturated heterocycles. The van der Waals surface area contributed by atoms with Crippen LogP contribution >= 0.6 is 0 Å². The van der Waals surface area contributed by atoms with Gasteiger partial charge in [-0.3, -0.25) is 5.10 Å². The van der Waals surface area contributed by atoms with Crippen LogP contribution in [0.4, 0.5) is 8.78 Å². The minimum atomic E-state index is -1.03. The van der Waals surface area contributed by atoms with Crippen LogP contribution in [0.15, 0.2) is 42.6 Å². The maximum Gasteiger partial charge on any atom is 0.173 e. The van der Waals surface area contributed by atoms with Gasteiger partial charge in [-0.1, -0.05) is 0 Å². The van der Waals surface area contributed by atoms with E-state index in [1.165, 1.54) is 24.4 Å². The smallest absolute Gasteiger partial charge is 0.173 e. The molecular weight excluding hydrogens is 294 g/mol. The summed E-state index contributed by atoms with van der Waals surface area (Å²) in [6, 6.07) is 7.14. The van der Waals surface area contributed by atoms with Gasteiger partial charge in [0.15, 0.2) is 17.4 Å². The number of nitrogens with zero attached hydrogens (tertiary/aromatic N) is 1. The summed E-state index contributed by atoms with van der Waals surface area (Å²) in [7, 11) is 0. The van der Waals surface area contributed by atoms with Crippen LogP contribution in [0, 0.1) is 11.6 Å². The number of aromatic hydroxyl groups is 2. The van der Waals surface area contributed by atoms with Gasteiger partial charge in [-0.2, -0.15) is 5.10 Å². The van der Waals surface area contributed by atoms with Gasteiger partial charge in [-0.25, -0.2) is 8.78 Å². The largest absolute Gasteiger partial charge is 0.508 e.